The van der Waals surface area contributed by atoms with Crippen LogP contribution in [-0.4, -0.2) is 51.3 Å². The highest BCUT2D eigenvalue weighted by atomic mass is 16.5. The van der Waals surface area contributed by atoms with E-state index in [0.717, 1.165) is 19.6 Å². The molecule has 66 valence electrons. The Morgan fingerprint density at radius 2 is 2.45 bits per heavy atom. The molecule has 0 spiro atoms. The molecule has 1 aliphatic heterocycles. The van der Waals surface area contributed by atoms with Gasteiger partial charge in [-0.15, -0.1) is 0 Å². The lowest BCUT2D eigenvalue weighted by Crippen LogP contribution is -2.29. The van der Waals surface area contributed by atoms with E-state index < -0.39 is 0 Å². The van der Waals surface area contributed by atoms with Gasteiger partial charge in [0, 0.05) is 33.3 Å². The van der Waals surface area contributed by atoms with Crippen molar-refractivity contribution in [2.75, 3.05) is 40.3 Å². The largest absolute Gasteiger partial charge is 0.380 e. The highest BCUT2D eigenvalue weighted by Gasteiger charge is 2.20. The Morgan fingerprint density at radius 3 is 3.00 bits per heavy atom. The first-order chi connectivity index (χ1) is 5.36. The van der Waals surface area contributed by atoms with Gasteiger partial charge in [-0.1, -0.05) is 0 Å². The predicted molar refractivity (Wildman–Crippen MR) is 45.8 cm³/mol. The molecular weight excluding hydrogens is 140 g/mol. The van der Waals surface area contributed by atoms with Crippen LogP contribution in [0.4, 0.5) is 0 Å². The summed E-state index contributed by atoms with van der Waals surface area (Å²) in [6, 6.07) is 0. The molecule has 0 aromatic rings. The maximum Gasteiger partial charge on any atom is 0.0710 e. The van der Waals surface area contributed by atoms with Gasteiger partial charge in [0.15, 0.2) is 0 Å². The lowest BCUT2D eigenvalue weighted by atomic mass is 10.3. The summed E-state index contributed by atoms with van der Waals surface area (Å²) in [6.07, 6.45) is 1.67. The molecule has 0 amide bonds. The molecule has 1 N–H and O–H groups in total. The average Bonchev–Trinajstić information content (AvgIpc) is 2.48. The molecule has 0 aromatic heterocycles. The molecule has 1 fully saturated rings. The van der Waals surface area contributed by atoms with Crippen LogP contribution in [0.25, 0.3) is 0 Å². The van der Waals surface area contributed by atoms with E-state index in [2.05, 4.69) is 10.2 Å². The fourth-order valence-electron chi connectivity index (χ4n) is 1.46. The number of nitrogens with zero attached hydrogens (tertiary/aromatic N) is 1. The van der Waals surface area contributed by atoms with Gasteiger partial charge in [-0.2, -0.15) is 0 Å². The highest BCUT2D eigenvalue weighted by Crippen LogP contribution is 2.10. The van der Waals surface area contributed by atoms with Crippen LogP contribution in [0.1, 0.15) is 6.42 Å². The van der Waals surface area contributed by atoms with E-state index >= 15 is 0 Å². The van der Waals surface area contributed by atoms with Gasteiger partial charge in [-0.25, -0.2) is 0 Å². The summed E-state index contributed by atoms with van der Waals surface area (Å²) in [4.78, 5) is 2.44. The highest BCUT2D eigenvalue weighted by molar-refractivity contribution is 4.75. The molecule has 3 nitrogen and oxygen atoms in total. The van der Waals surface area contributed by atoms with Crippen molar-refractivity contribution in [2.45, 2.75) is 12.5 Å². The summed E-state index contributed by atoms with van der Waals surface area (Å²) in [5.74, 6) is 0. The lowest BCUT2D eigenvalue weighted by Gasteiger charge is -2.14. The normalized spacial score (nSPS) is 26.2. The Kier molecular flexibility index (Phi) is 3.83. The van der Waals surface area contributed by atoms with Crippen molar-refractivity contribution in [3.8, 4) is 0 Å². The summed E-state index contributed by atoms with van der Waals surface area (Å²) in [5, 5.41) is 3.14. The quantitative estimate of drug-likeness (QED) is 0.619. The lowest BCUT2D eigenvalue weighted by molar-refractivity contribution is 0.108. The molecular formula is C8H18N2O. The minimum absolute atomic E-state index is 0.479. The van der Waals surface area contributed by atoms with E-state index in [1.54, 1.807) is 7.11 Å². The molecule has 1 rings (SSSR count). The Morgan fingerprint density at radius 1 is 1.64 bits per heavy atom. The van der Waals surface area contributed by atoms with Gasteiger partial charge in [0.05, 0.1) is 6.10 Å². The SMILES string of the molecule is CNCCN1CC[C@@H](OC)C1. The molecule has 0 radical (unpaired) electrons. The molecule has 0 unspecified atom stereocenters. The summed E-state index contributed by atoms with van der Waals surface area (Å²) in [5.41, 5.74) is 0. The third kappa shape index (κ3) is 2.77. The van der Waals surface area contributed by atoms with Crippen LogP contribution in [0.2, 0.25) is 0 Å². The Labute approximate surface area is 68.7 Å². The molecule has 1 aliphatic rings. The number of likely N-dealkylation sites (tertiary alicyclic amines) is 1. The summed E-state index contributed by atoms with van der Waals surface area (Å²) >= 11 is 0. The van der Waals surface area contributed by atoms with Gasteiger partial charge >= 0.3 is 0 Å². The fourth-order valence-corrected chi connectivity index (χ4v) is 1.46. The zero-order valence-electron chi connectivity index (χ0n) is 7.47. The van der Waals surface area contributed by atoms with Gasteiger partial charge in [-0.05, 0) is 13.5 Å². The van der Waals surface area contributed by atoms with E-state index in [9.17, 15) is 0 Å². The maximum absolute atomic E-state index is 5.26. The molecule has 11 heavy (non-hydrogen) atoms. The second-order valence-corrected chi connectivity index (χ2v) is 3.05. The summed E-state index contributed by atoms with van der Waals surface area (Å²) in [6.45, 7) is 4.53. The summed E-state index contributed by atoms with van der Waals surface area (Å²) in [7, 11) is 3.79. The van der Waals surface area contributed by atoms with Gasteiger partial charge in [-0.3, -0.25) is 4.90 Å². The standard InChI is InChI=1S/C8H18N2O/c1-9-4-6-10-5-3-8(7-10)11-2/h8-9H,3-7H2,1-2H3/t8-/m1/s1. The first-order valence-electron chi connectivity index (χ1n) is 4.26. The van der Waals surface area contributed by atoms with Crippen molar-refractivity contribution in [1.82, 2.24) is 10.2 Å². The van der Waals surface area contributed by atoms with Crippen molar-refractivity contribution >= 4 is 0 Å². The van der Waals surface area contributed by atoms with Gasteiger partial charge in [0.2, 0.25) is 0 Å². The van der Waals surface area contributed by atoms with Crippen LogP contribution in [-0.2, 0) is 4.74 Å². The molecule has 0 saturated carbocycles. The van der Waals surface area contributed by atoms with Crippen molar-refractivity contribution in [1.29, 1.82) is 0 Å². The van der Waals surface area contributed by atoms with Crippen LogP contribution in [0.15, 0.2) is 0 Å². The van der Waals surface area contributed by atoms with E-state index in [0.29, 0.717) is 6.10 Å². The topological polar surface area (TPSA) is 24.5 Å². The molecule has 1 atom stereocenters. The fraction of sp³-hybridized carbons (Fsp3) is 1.00. The minimum Gasteiger partial charge on any atom is -0.380 e. The van der Waals surface area contributed by atoms with Crippen LogP contribution >= 0.6 is 0 Å². The van der Waals surface area contributed by atoms with Gasteiger partial charge in [0.25, 0.3) is 0 Å². The number of rotatable bonds is 4. The molecule has 3 heteroatoms. The third-order valence-corrected chi connectivity index (χ3v) is 2.24. The number of hydrogen-bond donors (Lipinski definition) is 1. The molecule has 0 aliphatic carbocycles. The Balaban J connectivity index is 2.09. The van der Waals surface area contributed by atoms with E-state index in [-0.39, 0.29) is 0 Å². The zero-order chi connectivity index (χ0) is 8.10. The van der Waals surface area contributed by atoms with Crippen molar-refractivity contribution in [3.63, 3.8) is 0 Å². The third-order valence-electron chi connectivity index (χ3n) is 2.24. The zero-order valence-corrected chi connectivity index (χ0v) is 7.47. The number of ether oxygens (including phenoxy) is 1. The summed E-state index contributed by atoms with van der Waals surface area (Å²) < 4.78 is 5.26. The smallest absolute Gasteiger partial charge is 0.0710 e. The first kappa shape index (κ1) is 8.97. The van der Waals surface area contributed by atoms with Crippen molar-refractivity contribution in [2.24, 2.45) is 0 Å². The second-order valence-electron chi connectivity index (χ2n) is 3.05. The van der Waals surface area contributed by atoms with E-state index in [4.69, 9.17) is 4.74 Å². The number of likely N-dealkylation sites (N-methyl/N-ethyl adjacent to an activating group) is 1. The Bertz CT molecular complexity index is 108. The first-order valence-corrected chi connectivity index (χ1v) is 4.26. The number of hydrogen-bond acceptors (Lipinski definition) is 3. The average molecular weight is 158 g/mol. The molecule has 0 aromatic carbocycles. The van der Waals surface area contributed by atoms with Gasteiger partial charge < -0.3 is 10.1 Å². The van der Waals surface area contributed by atoms with Crippen LogP contribution < -0.4 is 5.32 Å². The monoisotopic (exact) mass is 158 g/mol. The Hall–Kier alpha value is -0.120. The number of methoxy groups -OCH3 is 1. The van der Waals surface area contributed by atoms with Crippen LogP contribution in [0.5, 0.6) is 0 Å². The number of nitrogens with one attached hydrogen (secondary N) is 1. The van der Waals surface area contributed by atoms with Crippen LogP contribution in [0, 0.1) is 0 Å². The molecule has 0 bridgehead atoms. The van der Waals surface area contributed by atoms with Crippen molar-refractivity contribution in [3.05, 3.63) is 0 Å². The maximum atomic E-state index is 5.26. The van der Waals surface area contributed by atoms with Crippen LogP contribution in [0.3, 0.4) is 0 Å². The predicted octanol–water partition coefficient (Wildman–Crippen LogP) is -0.0735. The molecule has 1 heterocycles. The van der Waals surface area contributed by atoms with E-state index in [1.807, 2.05) is 7.05 Å². The van der Waals surface area contributed by atoms with Gasteiger partial charge in [0.1, 0.15) is 0 Å². The second kappa shape index (κ2) is 4.70. The molecule has 1 saturated heterocycles. The van der Waals surface area contributed by atoms with Crippen molar-refractivity contribution < 1.29 is 4.74 Å². The van der Waals surface area contributed by atoms with E-state index in [1.165, 1.54) is 13.0 Å². The minimum atomic E-state index is 0.479.